The molecule has 0 unspecified atom stereocenters. The summed E-state index contributed by atoms with van der Waals surface area (Å²) in [5.74, 6) is 0.0746. The van der Waals surface area contributed by atoms with Crippen molar-refractivity contribution in [2.45, 2.75) is 25.8 Å². The topological polar surface area (TPSA) is 45.2 Å². The summed E-state index contributed by atoms with van der Waals surface area (Å²) < 4.78 is 0. The average molecular weight is 356 g/mol. The van der Waals surface area contributed by atoms with Gasteiger partial charge < -0.3 is 10.2 Å². The number of nitrogens with one attached hydrogen (secondary N) is 1. The van der Waals surface area contributed by atoms with Gasteiger partial charge in [-0.25, -0.2) is 0 Å². The number of carbonyl (C=O) groups is 1. The Kier molecular flexibility index (Phi) is 7.26. The van der Waals surface area contributed by atoms with Gasteiger partial charge in [-0.2, -0.15) is 0 Å². The minimum Gasteiger partial charge on any atom is -0.339 e. The van der Waals surface area contributed by atoms with E-state index in [0.29, 0.717) is 11.6 Å². The number of nitrogens with zero attached hydrogens (tertiary/aromatic N) is 2. The fraction of sp³-hybridized carbons (Fsp3) is 0.412. The molecule has 6 heteroatoms. The number of aromatic nitrogens is 1. The molecule has 1 aromatic carbocycles. The average Bonchev–Trinajstić information content (AvgIpc) is 2.53. The molecule has 0 saturated carbocycles. The highest BCUT2D eigenvalue weighted by atomic mass is 35.5. The number of rotatable bonds is 2. The van der Waals surface area contributed by atoms with Crippen LogP contribution in [0.4, 0.5) is 0 Å². The highest BCUT2D eigenvalue weighted by Crippen LogP contribution is 2.21. The van der Waals surface area contributed by atoms with Crippen LogP contribution in [0.15, 0.2) is 30.3 Å². The van der Waals surface area contributed by atoms with Gasteiger partial charge in [-0.05, 0) is 45.0 Å². The first-order chi connectivity index (χ1) is 10.2. The van der Waals surface area contributed by atoms with E-state index in [-0.39, 0.29) is 30.7 Å². The van der Waals surface area contributed by atoms with Crippen LogP contribution in [0.5, 0.6) is 0 Å². The molecular formula is C17H23Cl2N3O. The van der Waals surface area contributed by atoms with Crippen LogP contribution in [0.1, 0.15) is 28.9 Å². The Morgan fingerprint density at radius 2 is 1.87 bits per heavy atom. The summed E-state index contributed by atoms with van der Waals surface area (Å²) in [6.07, 6.45) is 2.03. The van der Waals surface area contributed by atoms with Gasteiger partial charge in [0.1, 0.15) is 0 Å². The molecule has 1 aromatic heterocycles. The second kappa shape index (κ2) is 8.48. The number of hydrogen-bond donors (Lipinski definition) is 1. The van der Waals surface area contributed by atoms with Crippen LogP contribution >= 0.6 is 24.8 Å². The van der Waals surface area contributed by atoms with Crippen molar-refractivity contribution in [3.8, 4) is 0 Å². The number of amides is 1. The first-order valence-corrected chi connectivity index (χ1v) is 7.51. The van der Waals surface area contributed by atoms with Crippen LogP contribution in [0.25, 0.3) is 10.9 Å². The van der Waals surface area contributed by atoms with Gasteiger partial charge in [0, 0.05) is 24.2 Å². The molecule has 1 amide bonds. The number of aryl methyl sites for hydroxylation is 1. The molecule has 0 radical (unpaired) electrons. The number of para-hydroxylation sites is 1. The van der Waals surface area contributed by atoms with Crippen LogP contribution in [0, 0.1) is 6.92 Å². The third-order valence-corrected chi connectivity index (χ3v) is 4.27. The van der Waals surface area contributed by atoms with E-state index in [9.17, 15) is 4.79 Å². The molecule has 1 aliphatic rings. The normalized spacial score (nSPS) is 14.7. The van der Waals surface area contributed by atoms with Gasteiger partial charge in [0.05, 0.1) is 11.1 Å². The molecule has 3 rings (SSSR count). The SMILES string of the molecule is Cc1ccc2cccc(C(=O)N(C)C3CCNCC3)c2n1.Cl.Cl. The van der Waals surface area contributed by atoms with E-state index in [0.717, 1.165) is 42.5 Å². The maximum absolute atomic E-state index is 12.8. The lowest BCUT2D eigenvalue weighted by Crippen LogP contribution is -2.44. The number of fused-ring (bicyclic) bond motifs is 1. The van der Waals surface area contributed by atoms with Crippen LogP contribution in [0.3, 0.4) is 0 Å². The standard InChI is InChI=1S/C17H21N3O.2ClH/c1-12-6-7-13-4-3-5-15(16(13)19-12)17(21)20(2)14-8-10-18-11-9-14;;/h3-7,14,18H,8-11H2,1-2H3;2*1H. The van der Waals surface area contributed by atoms with Gasteiger partial charge >= 0.3 is 0 Å². The Morgan fingerprint density at radius 3 is 2.57 bits per heavy atom. The Labute approximate surface area is 149 Å². The first-order valence-electron chi connectivity index (χ1n) is 7.51. The van der Waals surface area contributed by atoms with Gasteiger partial charge in [-0.3, -0.25) is 9.78 Å². The molecule has 2 heterocycles. The van der Waals surface area contributed by atoms with E-state index in [1.807, 2.05) is 49.2 Å². The van der Waals surface area contributed by atoms with E-state index < -0.39 is 0 Å². The second-order valence-corrected chi connectivity index (χ2v) is 5.73. The molecule has 1 N–H and O–H groups in total. The monoisotopic (exact) mass is 355 g/mol. The lowest BCUT2D eigenvalue weighted by Gasteiger charge is -2.31. The van der Waals surface area contributed by atoms with Crippen LogP contribution in [-0.2, 0) is 0 Å². The van der Waals surface area contributed by atoms with E-state index >= 15 is 0 Å². The Morgan fingerprint density at radius 1 is 1.17 bits per heavy atom. The van der Waals surface area contributed by atoms with E-state index in [2.05, 4.69) is 10.3 Å². The predicted octanol–water partition coefficient (Wildman–Crippen LogP) is 3.21. The smallest absolute Gasteiger partial charge is 0.256 e. The summed E-state index contributed by atoms with van der Waals surface area (Å²) in [6.45, 7) is 3.92. The van der Waals surface area contributed by atoms with E-state index in [1.165, 1.54) is 0 Å². The van der Waals surface area contributed by atoms with E-state index in [1.54, 1.807) is 0 Å². The van der Waals surface area contributed by atoms with Crippen molar-refractivity contribution in [1.29, 1.82) is 0 Å². The largest absolute Gasteiger partial charge is 0.339 e. The molecule has 0 atom stereocenters. The van der Waals surface area contributed by atoms with Crippen LogP contribution in [0.2, 0.25) is 0 Å². The van der Waals surface area contributed by atoms with E-state index in [4.69, 9.17) is 0 Å². The molecule has 1 saturated heterocycles. The van der Waals surface area contributed by atoms with Crippen molar-refractivity contribution in [3.05, 3.63) is 41.6 Å². The molecule has 0 aliphatic carbocycles. The van der Waals surface area contributed by atoms with Gasteiger partial charge in [-0.1, -0.05) is 18.2 Å². The number of hydrogen-bond acceptors (Lipinski definition) is 3. The van der Waals surface area contributed by atoms with Crippen molar-refractivity contribution in [2.75, 3.05) is 20.1 Å². The van der Waals surface area contributed by atoms with Crippen LogP contribution < -0.4 is 5.32 Å². The second-order valence-electron chi connectivity index (χ2n) is 5.73. The van der Waals surface area contributed by atoms with Crippen LogP contribution in [-0.4, -0.2) is 42.0 Å². The first kappa shape index (κ1) is 19.7. The minimum atomic E-state index is 0. The maximum atomic E-state index is 12.8. The van der Waals surface area contributed by atoms with Crippen molar-refractivity contribution in [1.82, 2.24) is 15.2 Å². The zero-order valence-corrected chi connectivity index (χ0v) is 15.0. The number of halogens is 2. The summed E-state index contributed by atoms with van der Waals surface area (Å²) >= 11 is 0. The number of pyridine rings is 1. The fourth-order valence-electron chi connectivity index (χ4n) is 2.97. The van der Waals surface area contributed by atoms with Gasteiger partial charge in [0.2, 0.25) is 0 Å². The highest BCUT2D eigenvalue weighted by Gasteiger charge is 2.24. The summed E-state index contributed by atoms with van der Waals surface area (Å²) in [7, 11) is 1.91. The summed E-state index contributed by atoms with van der Waals surface area (Å²) in [4.78, 5) is 19.3. The molecule has 4 nitrogen and oxygen atoms in total. The maximum Gasteiger partial charge on any atom is 0.256 e. The quantitative estimate of drug-likeness (QED) is 0.899. The molecule has 23 heavy (non-hydrogen) atoms. The molecule has 126 valence electrons. The molecule has 0 bridgehead atoms. The third-order valence-electron chi connectivity index (χ3n) is 4.27. The van der Waals surface area contributed by atoms with Crippen molar-refractivity contribution >= 4 is 41.6 Å². The number of piperidine rings is 1. The van der Waals surface area contributed by atoms with Gasteiger partial charge in [0.15, 0.2) is 0 Å². The van der Waals surface area contributed by atoms with Gasteiger partial charge in [-0.15, -0.1) is 24.8 Å². The van der Waals surface area contributed by atoms with Crippen molar-refractivity contribution < 1.29 is 4.79 Å². The lowest BCUT2D eigenvalue weighted by molar-refractivity contribution is 0.0705. The Balaban J connectivity index is 0.00000132. The summed E-state index contributed by atoms with van der Waals surface area (Å²) in [5, 5.41) is 4.35. The fourth-order valence-corrected chi connectivity index (χ4v) is 2.97. The highest BCUT2D eigenvalue weighted by molar-refractivity contribution is 6.05. The summed E-state index contributed by atoms with van der Waals surface area (Å²) in [5.41, 5.74) is 2.45. The summed E-state index contributed by atoms with van der Waals surface area (Å²) in [6, 6.07) is 10.1. The molecular weight excluding hydrogens is 333 g/mol. The molecule has 1 fully saturated rings. The van der Waals surface area contributed by atoms with Crippen molar-refractivity contribution in [2.24, 2.45) is 0 Å². The molecule has 1 aliphatic heterocycles. The Bertz CT molecular complexity index is 672. The Hall–Kier alpha value is -1.36. The van der Waals surface area contributed by atoms with Gasteiger partial charge in [0.25, 0.3) is 5.91 Å². The lowest BCUT2D eigenvalue weighted by atomic mass is 10.0. The molecule has 0 spiro atoms. The number of carbonyl (C=O) groups excluding carboxylic acids is 1. The zero-order chi connectivity index (χ0) is 14.8. The van der Waals surface area contributed by atoms with Crippen molar-refractivity contribution in [3.63, 3.8) is 0 Å². The number of benzene rings is 1. The predicted molar refractivity (Wildman–Crippen MR) is 99.0 cm³/mol. The third kappa shape index (κ3) is 4.14. The zero-order valence-electron chi connectivity index (χ0n) is 13.4. The molecule has 2 aromatic rings. The minimum absolute atomic E-state index is 0.